The van der Waals surface area contributed by atoms with Crippen LogP contribution in [0.1, 0.15) is 22.6 Å². The lowest BCUT2D eigenvalue weighted by Crippen LogP contribution is -2.11. The fourth-order valence-electron chi connectivity index (χ4n) is 9.03. The zero-order valence-electron chi connectivity index (χ0n) is 30.1. The number of nitrogens with zero attached hydrogens (tertiary/aromatic N) is 3. The fraction of sp³-hybridized carbons (Fsp3) is 0.0192. The lowest BCUT2D eigenvalue weighted by Gasteiger charge is -2.30. The molecule has 1 unspecified atom stereocenters. The molecule has 260 valence electrons. The average Bonchev–Trinajstić information content (AvgIpc) is 3.65. The number of hydrogen-bond acceptors (Lipinski definition) is 4. The Balaban J connectivity index is 1.14. The smallest absolute Gasteiger partial charge is 0.167 e. The second-order valence-corrected chi connectivity index (χ2v) is 14.7. The van der Waals surface area contributed by atoms with Crippen LogP contribution in [0.4, 0.5) is 0 Å². The summed E-state index contributed by atoms with van der Waals surface area (Å²) in [5.74, 6) is 1.78. The summed E-state index contributed by atoms with van der Waals surface area (Å²) in [6.07, 6.45) is 0. The van der Waals surface area contributed by atoms with Gasteiger partial charge in [0.05, 0.1) is 5.56 Å². The van der Waals surface area contributed by atoms with Crippen molar-refractivity contribution in [1.29, 1.82) is 0 Å². The summed E-state index contributed by atoms with van der Waals surface area (Å²) in [5, 5.41) is 9.36. The van der Waals surface area contributed by atoms with Crippen LogP contribution in [0.15, 0.2) is 186 Å². The van der Waals surface area contributed by atoms with Crippen molar-refractivity contribution in [3.63, 3.8) is 0 Å². The molecule has 56 heavy (non-hydrogen) atoms. The van der Waals surface area contributed by atoms with E-state index in [0.717, 1.165) is 49.4 Å². The van der Waals surface area contributed by atoms with Gasteiger partial charge in [-0.15, -0.1) is 0 Å². The third-order valence-electron chi connectivity index (χ3n) is 11.5. The Labute approximate surface area is 322 Å². The SMILES string of the molecule is c1ccc(-c2nc(-c3cc(C4c5cc6ccccc6cc5-c5cccc6cccc4c56)cc4ccccc34)nc(-c3cccc4c3oc3ccccc34)n2)cc1. The predicted molar refractivity (Wildman–Crippen MR) is 229 cm³/mol. The van der Waals surface area contributed by atoms with Gasteiger partial charge in [-0.1, -0.05) is 152 Å². The number of para-hydroxylation sites is 2. The number of hydrogen-bond donors (Lipinski definition) is 0. The molecule has 2 heterocycles. The first kappa shape index (κ1) is 31.0. The van der Waals surface area contributed by atoms with Crippen LogP contribution in [0.25, 0.3) is 99.5 Å². The van der Waals surface area contributed by atoms with Gasteiger partial charge >= 0.3 is 0 Å². The van der Waals surface area contributed by atoms with Gasteiger partial charge in [0.2, 0.25) is 0 Å². The molecule has 0 saturated heterocycles. The Morgan fingerprint density at radius 1 is 0.375 bits per heavy atom. The molecule has 11 aromatic rings. The first-order valence-corrected chi connectivity index (χ1v) is 19.1. The number of rotatable bonds is 4. The van der Waals surface area contributed by atoms with Crippen molar-refractivity contribution < 1.29 is 4.42 Å². The second kappa shape index (κ2) is 12.0. The molecule has 0 spiro atoms. The molecule has 0 aliphatic heterocycles. The second-order valence-electron chi connectivity index (χ2n) is 14.7. The number of benzene rings is 9. The summed E-state index contributed by atoms with van der Waals surface area (Å²) in [7, 11) is 0. The van der Waals surface area contributed by atoms with Crippen LogP contribution < -0.4 is 0 Å². The van der Waals surface area contributed by atoms with Crippen LogP contribution in [-0.4, -0.2) is 15.0 Å². The zero-order valence-corrected chi connectivity index (χ0v) is 30.1. The highest BCUT2D eigenvalue weighted by Crippen LogP contribution is 2.50. The quantitative estimate of drug-likeness (QED) is 0.182. The first-order chi connectivity index (χ1) is 27.7. The third kappa shape index (κ3) is 4.69. The van der Waals surface area contributed by atoms with Crippen molar-refractivity contribution in [3.05, 3.63) is 199 Å². The van der Waals surface area contributed by atoms with Crippen LogP contribution in [0.2, 0.25) is 0 Å². The minimum atomic E-state index is -0.0178. The van der Waals surface area contributed by atoms with E-state index in [9.17, 15) is 0 Å². The van der Waals surface area contributed by atoms with Gasteiger partial charge in [0.25, 0.3) is 0 Å². The van der Waals surface area contributed by atoms with E-state index in [4.69, 9.17) is 19.4 Å². The summed E-state index contributed by atoms with van der Waals surface area (Å²) in [5.41, 5.74) is 10.7. The predicted octanol–water partition coefficient (Wildman–Crippen LogP) is 13.4. The van der Waals surface area contributed by atoms with Crippen molar-refractivity contribution in [3.8, 4) is 45.3 Å². The molecular formula is C52H31N3O. The Morgan fingerprint density at radius 3 is 1.86 bits per heavy atom. The summed E-state index contributed by atoms with van der Waals surface area (Å²) in [6.45, 7) is 0. The molecule has 1 aliphatic rings. The maximum Gasteiger partial charge on any atom is 0.167 e. The summed E-state index contributed by atoms with van der Waals surface area (Å²) in [6, 6.07) is 64.8. The van der Waals surface area contributed by atoms with Crippen LogP contribution in [0.3, 0.4) is 0 Å². The topological polar surface area (TPSA) is 51.8 Å². The summed E-state index contributed by atoms with van der Waals surface area (Å²) >= 11 is 0. The van der Waals surface area contributed by atoms with Crippen molar-refractivity contribution in [2.24, 2.45) is 0 Å². The molecule has 0 bridgehead atoms. The molecule has 1 atom stereocenters. The molecule has 4 nitrogen and oxygen atoms in total. The molecule has 2 aromatic heterocycles. The van der Waals surface area contributed by atoms with E-state index < -0.39 is 0 Å². The standard InChI is InChI=1S/C52H31N3O/c1-2-13-32(14-3-1)50-53-51(42-25-12-23-40-38-21-8-9-26-46(38)56-49(40)42)55-52(54-50)45-30-36(27-35-17-6-7-20-37(35)45)48-41-24-11-19-31-18-10-22-39(47(31)41)43-28-33-15-4-5-16-34(33)29-44(43)48/h1-30,48H. The molecule has 1 aliphatic carbocycles. The molecular weight excluding hydrogens is 683 g/mol. The van der Waals surface area contributed by atoms with Gasteiger partial charge < -0.3 is 4.42 Å². The fourth-order valence-corrected chi connectivity index (χ4v) is 9.03. The lowest BCUT2D eigenvalue weighted by atomic mass is 9.73. The van der Waals surface area contributed by atoms with Crippen LogP contribution in [-0.2, 0) is 0 Å². The average molecular weight is 714 g/mol. The lowest BCUT2D eigenvalue weighted by molar-refractivity contribution is 0.669. The highest BCUT2D eigenvalue weighted by Gasteiger charge is 2.30. The van der Waals surface area contributed by atoms with E-state index in [1.165, 1.54) is 49.4 Å². The minimum Gasteiger partial charge on any atom is -0.455 e. The van der Waals surface area contributed by atoms with Gasteiger partial charge in [-0.05, 0) is 90.5 Å². The number of furan rings is 1. The molecule has 0 amide bonds. The number of aromatic nitrogens is 3. The molecule has 0 fully saturated rings. The highest BCUT2D eigenvalue weighted by molar-refractivity contribution is 6.09. The normalized spacial score (nSPS) is 13.5. The van der Waals surface area contributed by atoms with Crippen LogP contribution in [0.5, 0.6) is 0 Å². The van der Waals surface area contributed by atoms with Crippen LogP contribution in [0, 0.1) is 0 Å². The minimum absolute atomic E-state index is 0.0178. The Kier molecular flexibility index (Phi) is 6.66. The van der Waals surface area contributed by atoms with Gasteiger partial charge in [0, 0.05) is 27.8 Å². The maximum absolute atomic E-state index is 6.52. The molecule has 12 rings (SSSR count). The summed E-state index contributed by atoms with van der Waals surface area (Å²) in [4.78, 5) is 15.7. The van der Waals surface area contributed by atoms with E-state index >= 15 is 0 Å². The molecule has 4 heteroatoms. The first-order valence-electron chi connectivity index (χ1n) is 19.1. The highest BCUT2D eigenvalue weighted by atomic mass is 16.3. The maximum atomic E-state index is 6.52. The van der Waals surface area contributed by atoms with Gasteiger partial charge in [0.15, 0.2) is 17.5 Å². The number of fused-ring (bicyclic) bond motifs is 7. The van der Waals surface area contributed by atoms with Gasteiger partial charge in [-0.2, -0.15) is 0 Å². The van der Waals surface area contributed by atoms with E-state index in [-0.39, 0.29) is 5.92 Å². The van der Waals surface area contributed by atoms with E-state index in [0.29, 0.717) is 17.5 Å². The molecule has 0 N–H and O–H groups in total. The van der Waals surface area contributed by atoms with E-state index in [1.807, 2.05) is 36.4 Å². The van der Waals surface area contributed by atoms with Crippen molar-refractivity contribution in [2.45, 2.75) is 5.92 Å². The zero-order chi connectivity index (χ0) is 36.7. The summed E-state index contributed by atoms with van der Waals surface area (Å²) < 4.78 is 6.52. The van der Waals surface area contributed by atoms with Crippen molar-refractivity contribution >= 4 is 54.3 Å². The largest absolute Gasteiger partial charge is 0.455 e. The van der Waals surface area contributed by atoms with E-state index in [2.05, 4.69) is 146 Å². The van der Waals surface area contributed by atoms with Gasteiger partial charge in [-0.25, -0.2) is 15.0 Å². The third-order valence-corrected chi connectivity index (χ3v) is 11.5. The van der Waals surface area contributed by atoms with Gasteiger partial charge in [0.1, 0.15) is 11.2 Å². The van der Waals surface area contributed by atoms with Crippen molar-refractivity contribution in [2.75, 3.05) is 0 Å². The molecule has 0 saturated carbocycles. The van der Waals surface area contributed by atoms with Gasteiger partial charge in [-0.3, -0.25) is 0 Å². The van der Waals surface area contributed by atoms with E-state index in [1.54, 1.807) is 0 Å². The molecule has 9 aromatic carbocycles. The Bertz CT molecular complexity index is 3380. The monoisotopic (exact) mass is 713 g/mol. The van der Waals surface area contributed by atoms with Crippen LogP contribution >= 0.6 is 0 Å². The molecule has 0 radical (unpaired) electrons. The van der Waals surface area contributed by atoms with Crippen molar-refractivity contribution in [1.82, 2.24) is 15.0 Å². The Hall–Kier alpha value is -7.43. The Morgan fingerprint density at radius 2 is 1.00 bits per heavy atom.